The summed E-state index contributed by atoms with van der Waals surface area (Å²) in [7, 11) is 0. The molecule has 6 nitrogen and oxygen atoms in total. The third-order valence-corrected chi connectivity index (χ3v) is 7.33. The fourth-order valence-electron chi connectivity index (χ4n) is 5.44. The smallest absolute Gasteiger partial charge is 0.406 e. The number of hydrogen-bond acceptors (Lipinski definition) is 4. The van der Waals surface area contributed by atoms with Crippen molar-refractivity contribution in [2.75, 3.05) is 37.6 Å². The average molecular weight is 524 g/mol. The van der Waals surface area contributed by atoms with Crippen molar-refractivity contribution < 1.29 is 27.5 Å². The van der Waals surface area contributed by atoms with E-state index in [9.17, 15) is 22.8 Å². The van der Waals surface area contributed by atoms with Crippen LogP contribution in [0, 0.1) is 11.3 Å². The number of likely N-dealkylation sites (tertiary alicyclic amines) is 1. The number of carbonyl (C=O) groups is 2. The van der Waals surface area contributed by atoms with Crippen molar-refractivity contribution in [2.24, 2.45) is 11.3 Å². The van der Waals surface area contributed by atoms with E-state index in [1.165, 1.54) is 18.2 Å². The minimum atomic E-state index is -4.80. The first-order valence-electron chi connectivity index (χ1n) is 12.5. The molecular weight excluding hydrogens is 495 g/mol. The lowest BCUT2D eigenvalue weighted by atomic mass is 9.71. The highest BCUT2D eigenvalue weighted by Crippen LogP contribution is 2.45. The quantitative estimate of drug-likeness (QED) is 0.495. The van der Waals surface area contributed by atoms with Crippen molar-refractivity contribution in [3.8, 4) is 5.75 Å². The first-order chi connectivity index (χ1) is 18.2. The number of rotatable bonds is 7. The van der Waals surface area contributed by atoms with Crippen LogP contribution in [0.3, 0.4) is 0 Å². The molecule has 5 rings (SSSR count). The second kappa shape index (κ2) is 10.4. The van der Waals surface area contributed by atoms with E-state index in [1.807, 2.05) is 48.5 Å². The lowest BCUT2D eigenvalue weighted by Gasteiger charge is -2.52. The van der Waals surface area contributed by atoms with Gasteiger partial charge in [0.15, 0.2) is 0 Å². The summed E-state index contributed by atoms with van der Waals surface area (Å²) in [5, 5.41) is 3.04. The monoisotopic (exact) mass is 523 g/mol. The SMILES string of the molecule is O=C(NCC1CN(C(=O)Cc2cccc(OC(F)(F)F)c2)CC12CN(c1ccccc1)C2)c1ccccc1. The third kappa shape index (κ3) is 5.77. The van der Waals surface area contributed by atoms with E-state index in [0.29, 0.717) is 30.8 Å². The largest absolute Gasteiger partial charge is 0.573 e. The molecule has 198 valence electrons. The van der Waals surface area contributed by atoms with E-state index >= 15 is 0 Å². The molecule has 0 radical (unpaired) electrons. The zero-order valence-corrected chi connectivity index (χ0v) is 20.7. The van der Waals surface area contributed by atoms with Crippen molar-refractivity contribution in [3.63, 3.8) is 0 Å². The molecule has 2 saturated heterocycles. The summed E-state index contributed by atoms with van der Waals surface area (Å²) in [4.78, 5) is 30.0. The van der Waals surface area contributed by atoms with Crippen LogP contribution in [0.5, 0.6) is 5.75 Å². The van der Waals surface area contributed by atoms with Crippen LogP contribution in [0.4, 0.5) is 18.9 Å². The van der Waals surface area contributed by atoms with Gasteiger partial charge in [-0.2, -0.15) is 0 Å². The van der Waals surface area contributed by atoms with E-state index < -0.39 is 6.36 Å². The zero-order valence-electron chi connectivity index (χ0n) is 20.7. The van der Waals surface area contributed by atoms with E-state index in [4.69, 9.17) is 0 Å². The number of benzene rings is 3. The van der Waals surface area contributed by atoms with Crippen molar-refractivity contribution in [3.05, 3.63) is 96.1 Å². The minimum absolute atomic E-state index is 0.0311. The molecule has 3 aromatic carbocycles. The predicted molar refractivity (Wildman–Crippen MR) is 137 cm³/mol. The number of alkyl halides is 3. The van der Waals surface area contributed by atoms with E-state index in [2.05, 4.69) is 15.0 Å². The van der Waals surface area contributed by atoms with Crippen LogP contribution in [0.15, 0.2) is 84.9 Å². The van der Waals surface area contributed by atoms with E-state index in [-0.39, 0.29) is 35.3 Å². The summed E-state index contributed by atoms with van der Waals surface area (Å²) in [5.41, 5.74) is 1.95. The van der Waals surface area contributed by atoms with Gasteiger partial charge in [-0.25, -0.2) is 0 Å². The molecule has 2 fully saturated rings. The van der Waals surface area contributed by atoms with Crippen LogP contribution < -0.4 is 15.0 Å². The fraction of sp³-hybridized carbons (Fsp3) is 0.310. The van der Waals surface area contributed by atoms with Crippen LogP contribution in [-0.4, -0.2) is 55.8 Å². The van der Waals surface area contributed by atoms with Crippen molar-refractivity contribution in [2.45, 2.75) is 12.8 Å². The molecule has 0 bridgehead atoms. The lowest BCUT2D eigenvalue weighted by Crippen LogP contribution is -2.62. The Bertz CT molecular complexity index is 1280. The third-order valence-electron chi connectivity index (χ3n) is 7.33. The Morgan fingerprint density at radius 3 is 2.29 bits per heavy atom. The van der Waals surface area contributed by atoms with Crippen molar-refractivity contribution >= 4 is 17.5 Å². The number of ether oxygens (including phenoxy) is 1. The Morgan fingerprint density at radius 1 is 0.921 bits per heavy atom. The van der Waals surface area contributed by atoms with E-state index in [1.54, 1.807) is 23.1 Å². The van der Waals surface area contributed by atoms with Gasteiger partial charge >= 0.3 is 6.36 Å². The standard InChI is InChI=1S/C29H28F3N3O3/c30-29(31,32)38-25-13-7-8-21(14-25)15-26(36)34-17-23(16-33-27(37)22-9-3-1-4-10-22)28(18-34)19-35(20-28)24-11-5-2-6-12-24/h1-14,23H,15-20H2,(H,33,37). The van der Waals surface area contributed by atoms with Gasteiger partial charge in [0.05, 0.1) is 6.42 Å². The van der Waals surface area contributed by atoms with Gasteiger partial charge in [-0.05, 0) is 42.0 Å². The predicted octanol–water partition coefficient (Wildman–Crippen LogP) is 4.52. The number of amides is 2. The molecule has 1 N–H and O–H groups in total. The molecule has 1 atom stereocenters. The highest BCUT2D eigenvalue weighted by molar-refractivity contribution is 5.94. The maximum absolute atomic E-state index is 13.3. The normalized spacial score (nSPS) is 18.2. The van der Waals surface area contributed by atoms with Gasteiger partial charge in [0, 0.05) is 55.3 Å². The molecular formula is C29H28F3N3O3. The Morgan fingerprint density at radius 2 is 1.61 bits per heavy atom. The fourth-order valence-corrected chi connectivity index (χ4v) is 5.44. The Kier molecular flexibility index (Phi) is 7.01. The van der Waals surface area contributed by atoms with Crippen LogP contribution in [-0.2, 0) is 11.2 Å². The van der Waals surface area contributed by atoms with Crippen molar-refractivity contribution in [1.29, 1.82) is 0 Å². The Hall–Kier alpha value is -4.01. The van der Waals surface area contributed by atoms with Gasteiger partial charge < -0.3 is 19.9 Å². The van der Waals surface area contributed by atoms with Gasteiger partial charge in [-0.3, -0.25) is 9.59 Å². The lowest BCUT2D eigenvalue weighted by molar-refractivity contribution is -0.274. The maximum atomic E-state index is 13.3. The summed E-state index contributed by atoms with van der Waals surface area (Å²) in [6, 6.07) is 24.5. The molecule has 2 heterocycles. The van der Waals surface area contributed by atoms with Crippen LogP contribution in [0.2, 0.25) is 0 Å². The number of nitrogens with one attached hydrogen (secondary N) is 1. The summed E-state index contributed by atoms with van der Waals surface area (Å²) in [5.74, 6) is -0.631. The molecule has 9 heteroatoms. The topological polar surface area (TPSA) is 61.9 Å². The summed E-state index contributed by atoms with van der Waals surface area (Å²) >= 11 is 0. The molecule has 0 saturated carbocycles. The van der Waals surface area contributed by atoms with Crippen LogP contribution in [0.1, 0.15) is 15.9 Å². The zero-order chi connectivity index (χ0) is 26.8. The molecule has 0 aliphatic carbocycles. The van der Waals surface area contributed by atoms with Crippen LogP contribution in [0.25, 0.3) is 0 Å². The van der Waals surface area contributed by atoms with Gasteiger partial charge in [0.25, 0.3) is 5.91 Å². The number of halogens is 3. The van der Waals surface area contributed by atoms with Crippen molar-refractivity contribution in [1.82, 2.24) is 10.2 Å². The second-order valence-electron chi connectivity index (χ2n) is 9.97. The number of para-hydroxylation sites is 1. The summed E-state index contributed by atoms with van der Waals surface area (Å²) < 4.78 is 41.8. The highest BCUT2D eigenvalue weighted by Gasteiger charge is 2.55. The molecule has 2 amide bonds. The Labute approximate surface area is 219 Å². The molecule has 3 aromatic rings. The van der Waals surface area contributed by atoms with Crippen LogP contribution >= 0.6 is 0 Å². The molecule has 38 heavy (non-hydrogen) atoms. The molecule has 1 spiro atoms. The maximum Gasteiger partial charge on any atom is 0.573 e. The van der Waals surface area contributed by atoms with Gasteiger partial charge in [-0.15, -0.1) is 13.2 Å². The number of hydrogen-bond donors (Lipinski definition) is 1. The summed E-state index contributed by atoms with van der Waals surface area (Å²) in [6.45, 7) is 2.92. The van der Waals surface area contributed by atoms with E-state index in [0.717, 1.165) is 18.8 Å². The number of anilines is 1. The highest BCUT2D eigenvalue weighted by atomic mass is 19.4. The molecule has 2 aliphatic heterocycles. The van der Waals surface area contributed by atoms with Gasteiger partial charge in [0.1, 0.15) is 5.75 Å². The first kappa shape index (κ1) is 25.6. The molecule has 1 unspecified atom stereocenters. The molecule has 2 aliphatic rings. The second-order valence-corrected chi connectivity index (χ2v) is 9.97. The minimum Gasteiger partial charge on any atom is -0.406 e. The number of nitrogens with zero attached hydrogens (tertiary/aromatic N) is 2. The first-order valence-corrected chi connectivity index (χ1v) is 12.5. The Balaban J connectivity index is 1.28. The average Bonchev–Trinajstić information content (AvgIpc) is 3.27. The summed E-state index contributed by atoms with van der Waals surface area (Å²) in [6.07, 6.45) is -4.83. The number of carbonyl (C=O) groups excluding carboxylic acids is 2. The van der Waals surface area contributed by atoms with Gasteiger partial charge in [0.2, 0.25) is 5.91 Å². The van der Waals surface area contributed by atoms with Gasteiger partial charge in [-0.1, -0.05) is 48.5 Å². The molecule has 0 aromatic heterocycles.